The second-order valence-corrected chi connectivity index (χ2v) is 9.85. The molecule has 162 valence electrons. The fourth-order valence-corrected chi connectivity index (χ4v) is 4.67. The highest BCUT2D eigenvalue weighted by atomic mass is 32.1. The Morgan fingerprint density at radius 1 is 1.13 bits per heavy atom. The molecule has 1 aromatic carbocycles. The van der Waals surface area contributed by atoms with Crippen molar-refractivity contribution in [3.05, 3.63) is 83.0 Å². The molecule has 31 heavy (non-hydrogen) atoms. The molecule has 2 aromatic rings. The minimum Gasteiger partial charge on any atom is -0.253 e. The van der Waals surface area contributed by atoms with Gasteiger partial charge in [0.1, 0.15) is 0 Å². The molecule has 0 amide bonds. The number of anilines is 1. The Labute approximate surface area is 190 Å². The van der Waals surface area contributed by atoms with Gasteiger partial charge < -0.3 is 0 Å². The van der Waals surface area contributed by atoms with E-state index in [1.54, 1.807) is 17.6 Å². The molecule has 3 nitrogen and oxygen atoms in total. The van der Waals surface area contributed by atoms with Gasteiger partial charge in [0.15, 0.2) is 0 Å². The lowest BCUT2D eigenvalue weighted by molar-refractivity contribution is 0.377. The number of aromatic nitrogens is 1. The van der Waals surface area contributed by atoms with Gasteiger partial charge in [-0.3, -0.25) is 5.43 Å². The van der Waals surface area contributed by atoms with Crippen LogP contribution in [0.15, 0.2) is 88.1 Å². The van der Waals surface area contributed by atoms with Crippen LogP contribution < -0.4 is 5.43 Å². The van der Waals surface area contributed by atoms with Crippen molar-refractivity contribution in [2.45, 2.75) is 53.9 Å². The number of allylic oxidation sites excluding steroid dienone is 10. The van der Waals surface area contributed by atoms with Crippen molar-refractivity contribution in [3.63, 3.8) is 0 Å². The van der Waals surface area contributed by atoms with Crippen molar-refractivity contribution in [2.75, 3.05) is 5.43 Å². The lowest BCUT2D eigenvalue weighted by Gasteiger charge is -2.32. The van der Waals surface area contributed by atoms with Gasteiger partial charge in [-0.05, 0) is 74.8 Å². The number of benzene rings is 1. The Bertz CT molecular complexity index is 1060. The summed E-state index contributed by atoms with van der Waals surface area (Å²) in [6.07, 6.45) is 18.4. The first-order valence-corrected chi connectivity index (χ1v) is 11.7. The molecule has 0 saturated carbocycles. The molecule has 0 unspecified atom stereocenters. The van der Waals surface area contributed by atoms with E-state index in [1.807, 2.05) is 24.3 Å². The van der Waals surface area contributed by atoms with Gasteiger partial charge >= 0.3 is 0 Å². The first kappa shape index (κ1) is 23.0. The summed E-state index contributed by atoms with van der Waals surface area (Å²) in [5.74, 6) is 0. The molecular formula is C27H33N3S. The number of nitrogens with zero attached hydrogens (tertiary/aromatic N) is 2. The zero-order valence-corrected chi connectivity index (χ0v) is 20.1. The Morgan fingerprint density at radius 3 is 2.68 bits per heavy atom. The highest BCUT2D eigenvalue weighted by Gasteiger charge is 2.26. The number of fused-ring (bicyclic) bond motifs is 1. The van der Waals surface area contributed by atoms with Crippen LogP contribution in [0.4, 0.5) is 5.13 Å². The summed E-state index contributed by atoms with van der Waals surface area (Å²) >= 11 is 1.60. The SMILES string of the molecule is CC1=C(/C=C/C(C)=C/C=C/C(C)=C/C=N\Nc2nc3ccccc3s2)C(C)(C)CCC1. The van der Waals surface area contributed by atoms with Crippen LogP contribution in [0.3, 0.4) is 0 Å². The van der Waals surface area contributed by atoms with E-state index in [0.29, 0.717) is 0 Å². The Kier molecular flexibility index (Phi) is 7.80. The lowest BCUT2D eigenvalue weighted by atomic mass is 9.72. The summed E-state index contributed by atoms with van der Waals surface area (Å²) in [4.78, 5) is 4.50. The first-order valence-electron chi connectivity index (χ1n) is 10.9. The number of hydrazone groups is 1. The van der Waals surface area contributed by atoms with Crippen molar-refractivity contribution in [3.8, 4) is 0 Å². The van der Waals surface area contributed by atoms with Crippen LogP contribution in [0.25, 0.3) is 10.2 Å². The van der Waals surface area contributed by atoms with Crippen LogP contribution in [0.5, 0.6) is 0 Å². The van der Waals surface area contributed by atoms with Crippen molar-refractivity contribution < 1.29 is 0 Å². The van der Waals surface area contributed by atoms with Gasteiger partial charge in [0.25, 0.3) is 0 Å². The van der Waals surface area contributed by atoms with Crippen molar-refractivity contribution in [1.82, 2.24) is 4.98 Å². The van der Waals surface area contributed by atoms with E-state index in [1.165, 1.54) is 36.0 Å². The number of nitrogens with one attached hydrogen (secondary N) is 1. The molecule has 0 spiro atoms. The van der Waals surface area contributed by atoms with Gasteiger partial charge in [0.2, 0.25) is 5.13 Å². The fourth-order valence-electron chi connectivity index (χ4n) is 3.86. The van der Waals surface area contributed by atoms with E-state index in [4.69, 9.17) is 0 Å². The topological polar surface area (TPSA) is 37.3 Å². The average Bonchev–Trinajstić information content (AvgIpc) is 3.13. The van der Waals surface area contributed by atoms with E-state index in [-0.39, 0.29) is 5.41 Å². The molecule has 4 heteroatoms. The molecule has 0 fully saturated rings. The second-order valence-electron chi connectivity index (χ2n) is 8.82. The van der Waals surface area contributed by atoms with Crippen LogP contribution in [0, 0.1) is 5.41 Å². The second kappa shape index (κ2) is 10.5. The molecule has 3 rings (SSSR count). The minimum atomic E-state index is 0.285. The third-order valence-corrected chi connectivity index (χ3v) is 6.58. The maximum absolute atomic E-state index is 4.50. The van der Waals surface area contributed by atoms with Gasteiger partial charge in [0.05, 0.1) is 10.2 Å². The summed E-state index contributed by atoms with van der Waals surface area (Å²) in [6, 6.07) is 8.09. The zero-order valence-electron chi connectivity index (χ0n) is 19.3. The highest BCUT2D eigenvalue weighted by molar-refractivity contribution is 7.22. The monoisotopic (exact) mass is 431 g/mol. The molecule has 1 heterocycles. The predicted molar refractivity (Wildman–Crippen MR) is 138 cm³/mol. The molecule has 0 bridgehead atoms. The fraction of sp³-hybridized carbons (Fsp3) is 0.333. The molecule has 0 radical (unpaired) electrons. The highest BCUT2D eigenvalue weighted by Crippen LogP contribution is 2.40. The predicted octanol–water partition coefficient (Wildman–Crippen LogP) is 8.23. The maximum Gasteiger partial charge on any atom is 0.204 e. The van der Waals surface area contributed by atoms with Crippen molar-refractivity contribution in [2.24, 2.45) is 10.5 Å². The van der Waals surface area contributed by atoms with Crippen LogP contribution in [0.2, 0.25) is 0 Å². The number of hydrogen-bond donors (Lipinski definition) is 1. The van der Waals surface area contributed by atoms with Gasteiger partial charge in [-0.25, -0.2) is 4.98 Å². The van der Waals surface area contributed by atoms with Crippen LogP contribution in [0.1, 0.15) is 53.9 Å². The zero-order chi connectivity index (χ0) is 22.3. The average molecular weight is 432 g/mol. The third kappa shape index (κ3) is 6.63. The summed E-state index contributed by atoms with van der Waals surface area (Å²) in [5, 5.41) is 5.05. The van der Waals surface area contributed by atoms with Gasteiger partial charge in [-0.2, -0.15) is 5.10 Å². The molecule has 1 aliphatic rings. The number of thiazole rings is 1. The van der Waals surface area contributed by atoms with Gasteiger partial charge in [-0.15, -0.1) is 0 Å². The van der Waals surface area contributed by atoms with E-state index >= 15 is 0 Å². The Morgan fingerprint density at radius 2 is 1.90 bits per heavy atom. The Balaban J connectivity index is 1.53. The summed E-state index contributed by atoms with van der Waals surface area (Å²) in [7, 11) is 0. The van der Waals surface area contributed by atoms with Crippen molar-refractivity contribution >= 4 is 32.9 Å². The van der Waals surface area contributed by atoms with Crippen LogP contribution >= 0.6 is 11.3 Å². The number of hydrogen-bond acceptors (Lipinski definition) is 4. The maximum atomic E-state index is 4.50. The smallest absolute Gasteiger partial charge is 0.204 e. The molecule has 1 aliphatic carbocycles. The summed E-state index contributed by atoms with van der Waals surface area (Å²) in [5.41, 5.74) is 9.70. The standard InChI is InChI=1S/C27H33N3S/c1-20(15-16-23-22(3)12-9-18-27(23,4)5)10-8-11-21(2)17-19-28-30-26-29-24-13-6-7-14-25(24)31-26/h6-8,10-11,13-17,19H,9,12,18H2,1-5H3,(H,29,30)/b11-8+,16-15+,20-10+,21-17+,28-19-. The van der Waals surface area contributed by atoms with Crippen LogP contribution in [-0.4, -0.2) is 11.2 Å². The lowest BCUT2D eigenvalue weighted by Crippen LogP contribution is -2.19. The number of para-hydroxylation sites is 1. The molecule has 0 atom stereocenters. The summed E-state index contributed by atoms with van der Waals surface area (Å²) in [6.45, 7) is 11.2. The van der Waals surface area contributed by atoms with E-state index in [0.717, 1.165) is 20.9 Å². The minimum absolute atomic E-state index is 0.285. The quantitative estimate of drug-likeness (QED) is 0.272. The van der Waals surface area contributed by atoms with E-state index < -0.39 is 0 Å². The Hall–Kier alpha value is -2.72. The van der Waals surface area contributed by atoms with E-state index in [2.05, 4.69) is 86.6 Å². The molecular weight excluding hydrogens is 398 g/mol. The molecule has 1 aromatic heterocycles. The molecule has 1 N–H and O–H groups in total. The molecule has 0 saturated heterocycles. The van der Waals surface area contributed by atoms with Gasteiger partial charge in [-0.1, -0.05) is 78.8 Å². The van der Waals surface area contributed by atoms with Crippen LogP contribution in [-0.2, 0) is 0 Å². The first-order chi connectivity index (χ1) is 14.8. The normalized spacial score (nSPS) is 18.2. The largest absolute Gasteiger partial charge is 0.253 e. The van der Waals surface area contributed by atoms with E-state index in [9.17, 15) is 0 Å². The summed E-state index contributed by atoms with van der Waals surface area (Å²) < 4.78 is 1.16. The van der Waals surface area contributed by atoms with Gasteiger partial charge in [0, 0.05) is 6.21 Å². The molecule has 0 aliphatic heterocycles. The number of rotatable bonds is 7. The third-order valence-electron chi connectivity index (χ3n) is 5.64. The van der Waals surface area contributed by atoms with Crippen molar-refractivity contribution in [1.29, 1.82) is 0 Å².